The fourth-order valence-corrected chi connectivity index (χ4v) is 3.27. The van der Waals surface area contributed by atoms with E-state index in [1.807, 2.05) is 0 Å². The van der Waals surface area contributed by atoms with Crippen molar-refractivity contribution in [2.24, 2.45) is 11.3 Å². The second-order valence-electron chi connectivity index (χ2n) is 5.99. The average Bonchev–Trinajstić information content (AvgIpc) is 2.44. The lowest BCUT2D eigenvalue weighted by Gasteiger charge is -2.39. The van der Waals surface area contributed by atoms with Crippen molar-refractivity contribution >= 4 is 0 Å². The Morgan fingerprint density at radius 3 is 1.95 bits per heavy atom. The van der Waals surface area contributed by atoms with Gasteiger partial charge in [-0.05, 0) is 31.1 Å². The molecule has 0 saturated carbocycles. The molecule has 0 heterocycles. The van der Waals surface area contributed by atoms with Crippen molar-refractivity contribution < 1.29 is 10.2 Å². The molecule has 2 heteroatoms. The van der Waals surface area contributed by atoms with Crippen molar-refractivity contribution in [2.75, 3.05) is 0 Å². The summed E-state index contributed by atoms with van der Waals surface area (Å²) in [6.07, 6.45) is 5.87. The molecular weight excluding hydrogens is 248 g/mol. The highest BCUT2D eigenvalue weighted by atomic mass is 16.3. The van der Waals surface area contributed by atoms with Gasteiger partial charge in [0.1, 0.15) is 6.10 Å². The summed E-state index contributed by atoms with van der Waals surface area (Å²) in [6.45, 7) is 10.8. The van der Waals surface area contributed by atoms with Crippen molar-refractivity contribution in [3.05, 3.63) is 0 Å². The molecule has 3 atom stereocenters. The minimum atomic E-state index is -0.530. The van der Waals surface area contributed by atoms with Gasteiger partial charge in [-0.2, -0.15) is 0 Å². The third kappa shape index (κ3) is 6.29. The van der Waals surface area contributed by atoms with Crippen LogP contribution in [0, 0.1) is 23.2 Å². The second kappa shape index (κ2) is 10.2. The lowest BCUT2D eigenvalue weighted by Crippen LogP contribution is -2.31. The molecule has 0 amide bonds. The smallest absolute Gasteiger partial charge is 0.115 e. The van der Waals surface area contributed by atoms with Crippen molar-refractivity contribution in [3.63, 3.8) is 0 Å². The summed E-state index contributed by atoms with van der Waals surface area (Å²) in [5.74, 6) is 6.46. The molecular formula is C18H34O2. The van der Waals surface area contributed by atoms with E-state index in [9.17, 15) is 10.2 Å². The van der Waals surface area contributed by atoms with E-state index in [0.29, 0.717) is 24.2 Å². The van der Waals surface area contributed by atoms with Crippen molar-refractivity contribution in [2.45, 2.75) is 91.8 Å². The Morgan fingerprint density at radius 1 is 1.00 bits per heavy atom. The Balaban J connectivity index is 4.55. The van der Waals surface area contributed by atoms with E-state index in [4.69, 9.17) is 0 Å². The third-order valence-corrected chi connectivity index (χ3v) is 4.93. The van der Waals surface area contributed by atoms with E-state index in [2.05, 4.69) is 39.5 Å². The molecule has 0 aliphatic rings. The Hall–Kier alpha value is -0.520. The van der Waals surface area contributed by atoms with Crippen LogP contribution in [0.2, 0.25) is 0 Å². The lowest BCUT2D eigenvalue weighted by molar-refractivity contribution is 0.0826. The summed E-state index contributed by atoms with van der Waals surface area (Å²) in [6, 6.07) is 0. The van der Waals surface area contributed by atoms with E-state index < -0.39 is 6.10 Å². The largest absolute Gasteiger partial charge is 0.393 e. The highest BCUT2D eigenvalue weighted by Crippen LogP contribution is 2.42. The maximum atomic E-state index is 10.1. The predicted octanol–water partition coefficient (Wildman–Crippen LogP) is 4.14. The van der Waals surface area contributed by atoms with E-state index in [1.165, 1.54) is 19.3 Å². The summed E-state index contributed by atoms with van der Waals surface area (Å²) < 4.78 is 0. The topological polar surface area (TPSA) is 40.5 Å². The van der Waals surface area contributed by atoms with Gasteiger partial charge in [-0.3, -0.25) is 0 Å². The first-order valence-corrected chi connectivity index (χ1v) is 8.30. The van der Waals surface area contributed by atoms with Gasteiger partial charge >= 0.3 is 0 Å². The zero-order valence-corrected chi connectivity index (χ0v) is 14.1. The van der Waals surface area contributed by atoms with Crippen molar-refractivity contribution in [1.29, 1.82) is 0 Å². The minimum absolute atomic E-state index is 0.308. The molecule has 2 nitrogen and oxygen atoms in total. The quantitative estimate of drug-likeness (QED) is 0.624. The molecule has 0 aliphatic carbocycles. The maximum Gasteiger partial charge on any atom is 0.115 e. The molecule has 0 aromatic heterocycles. The fraction of sp³-hybridized carbons (Fsp3) is 0.889. The van der Waals surface area contributed by atoms with E-state index in [1.54, 1.807) is 6.92 Å². The molecule has 3 unspecified atom stereocenters. The summed E-state index contributed by atoms with van der Waals surface area (Å²) in [5.41, 5.74) is 0.344. The highest BCUT2D eigenvalue weighted by molar-refractivity contribution is 5.05. The van der Waals surface area contributed by atoms with Crippen LogP contribution < -0.4 is 0 Å². The highest BCUT2D eigenvalue weighted by Gasteiger charge is 2.33. The first-order valence-electron chi connectivity index (χ1n) is 8.30. The number of rotatable bonds is 9. The van der Waals surface area contributed by atoms with Crippen LogP contribution in [-0.4, -0.2) is 22.4 Å². The molecule has 0 spiro atoms. The van der Waals surface area contributed by atoms with Crippen LogP contribution >= 0.6 is 0 Å². The van der Waals surface area contributed by atoms with Crippen LogP contribution in [0.25, 0.3) is 0 Å². The molecule has 0 aromatic carbocycles. The van der Waals surface area contributed by atoms with Crippen molar-refractivity contribution in [1.82, 2.24) is 0 Å². The van der Waals surface area contributed by atoms with Gasteiger partial charge in [-0.15, -0.1) is 5.92 Å². The van der Waals surface area contributed by atoms with E-state index in [0.717, 1.165) is 12.8 Å². The summed E-state index contributed by atoms with van der Waals surface area (Å²) in [5, 5.41) is 19.3. The van der Waals surface area contributed by atoms with Gasteiger partial charge in [0.05, 0.1) is 6.10 Å². The molecule has 0 aliphatic heterocycles. The average molecular weight is 282 g/mol. The van der Waals surface area contributed by atoms with Gasteiger partial charge in [0.2, 0.25) is 0 Å². The number of aliphatic hydroxyl groups is 2. The molecule has 2 N–H and O–H groups in total. The summed E-state index contributed by atoms with van der Waals surface area (Å²) in [4.78, 5) is 0. The summed E-state index contributed by atoms with van der Waals surface area (Å²) in [7, 11) is 0. The van der Waals surface area contributed by atoms with Gasteiger partial charge in [-0.1, -0.05) is 59.3 Å². The van der Waals surface area contributed by atoms with Crippen LogP contribution in [0.15, 0.2) is 0 Å². The Bertz CT molecular complexity index is 286. The van der Waals surface area contributed by atoms with Crippen LogP contribution in [0.4, 0.5) is 0 Å². The molecule has 0 fully saturated rings. The van der Waals surface area contributed by atoms with Crippen molar-refractivity contribution in [3.8, 4) is 11.8 Å². The van der Waals surface area contributed by atoms with Gasteiger partial charge in [0.15, 0.2) is 0 Å². The van der Waals surface area contributed by atoms with Gasteiger partial charge < -0.3 is 10.2 Å². The number of aliphatic hydroxyl groups excluding tert-OH is 2. The van der Waals surface area contributed by atoms with Crippen LogP contribution in [0.3, 0.4) is 0 Å². The SMILES string of the molecule is CCC(CC(O)C#CCCC(C)O)C(CC)(CC)CC. The molecule has 0 rings (SSSR count). The maximum absolute atomic E-state index is 10.1. The van der Waals surface area contributed by atoms with Crippen LogP contribution in [0.5, 0.6) is 0 Å². The fourth-order valence-electron chi connectivity index (χ4n) is 3.27. The predicted molar refractivity (Wildman–Crippen MR) is 86.4 cm³/mol. The molecule has 20 heavy (non-hydrogen) atoms. The van der Waals surface area contributed by atoms with Gasteiger partial charge in [-0.25, -0.2) is 0 Å². The molecule has 0 saturated heterocycles. The zero-order chi connectivity index (χ0) is 15.6. The second-order valence-corrected chi connectivity index (χ2v) is 5.99. The van der Waals surface area contributed by atoms with Gasteiger partial charge in [0, 0.05) is 6.42 Å². The van der Waals surface area contributed by atoms with Crippen LogP contribution in [0.1, 0.15) is 79.6 Å². The third-order valence-electron chi connectivity index (χ3n) is 4.93. The van der Waals surface area contributed by atoms with Gasteiger partial charge in [0.25, 0.3) is 0 Å². The monoisotopic (exact) mass is 282 g/mol. The van der Waals surface area contributed by atoms with Crippen LogP contribution in [-0.2, 0) is 0 Å². The molecule has 0 radical (unpaired) electrons. The number of hydrogen-bond acceptors (Lipinski definition) is 2. The Labute approximate surface area is 126 Å². The summed E-state index contributed by atoms with van der Waals surface area (Å²) >= 11 is 0. The van der Waals surface area contributed by atoms with E-state index >= 15 is 0 Å². The molecule has 0 bridgehead atoms. The zero-order valence-electron chi connectivity index (χ0n) is 14.1. The molecule has 0 aromatic rings. The Kier molecular flexibility index (Phi) is 9.98. The first-order chi connectivity index (χ1) is 9.45. The Morgan fingerprint density at radius 2 is 1.55 bits per heavy atom. The number of hydrogen-bond donors (Lipinski definition) is 2. The minimum Gasteiger partial charge on any atom is -0.393 e. The normalized spacial score (nSPS) is 16.1. The first kappa shape index (κ1) is 19.5. The lowest BCUT2D eigenvalue weighted by atomic mass is 9.66. The van der Waals surface area contributed by atoms with E-state index in [-0.39, 0.29) is 6.10 Å². The standard InChI is InChI=1S/C18H34O2/c1-6-16(18(7-2,8-3)9-4)14-17(20)13-11-10-12-15(5)19/h15-17,19-20H,6-10,12,14H2,1-5H3. The molecule has 118 valence electrons.